The Morgan fingerprint density at radius 1 is 1.12 bits per heavy atom. The predicted molar refractivity (Wildman–Crippen MR) is 130 cm³/mol. The topological polar surface area (TPSA) is 96.7 Å². The maximum Gasteiger partial charge on any atom is 0.223 e. The molecule has 0 radical (unpaired) electrons. The van der Waals surface area contributed by atoms with Crippen LogP contribution in [0.1, 0.15) is 36.7 Å². The van der Waals surface area contributed by atoms with Crippen LogP contribution in [0.25, 0.3) is 5.65 Å². The molecule has 8 nitrogen and oxygen atoms in total. The molecule has 1 aliphatic rings. The van der Waals surface area contributed by atoms with Gasteiger partial charge in [-0.3, -0.25) is 9.20 Å². The third-order valence-corrected chi connectivity index (χ3v) is 8.48. The van der Waals surface area contributed by atoms with Gasteiger partial charge in [-0.15, -0.1) is 10.2 Å². The molecule has 1 saturated heterocycles. The molecule has 1 aliphatic heterocycles. The number of sulfonamides is 1. The minimum atomic E-state index is -3.40. The molecule has 1 fully saturated rings. The van der Waals surface area contributed by atoms with Gasteiger partial charge in [0.05, 0.1) is 11.8 Å². The normalized spacial score (nSPS) is 16.6. The fourth-order valence-corrected chi connectivity index (χ4v) is 6.20. The molecule has 33 heavy (non-hydrogen) atoms. The van der Waals surface area contributed by atoms with Crippen molar-refractivity contribution in [3.63, 3.8) is 0 Å². The molecule has 10 heteroatoms. The summed E-state index contributed by atoms with van der Waals surface area (Å²) < 4.78 is 29.0. The summed E-state index contributed by atoms with van der Waals surface area (Å²) in [6.45, 7) is 0.715. The van der Waals surface area contributed by atoms with E-state index in [1.807, 2.05) is 65.4 Å². The van der Waals surface area contributed by atoms with Crippen molar-refractivity contribution >= 4 is 33.3 Å². The standard InChI is InChI=1S/C23H29N5O3S2/c1-32-16-12-20(22-26-25-21-9-5-6-13-28(21)22)24-23(29)19-10-14-27(15-11-19)33(30,31)17-18-7-3-2-4-8-18/h2-9,13,19-20H,10-12,14-17H2,1H3,(H,24,29). The molecule has 4 rings (SSSR count). The number of rotatable bonds is 9. The Kier molecular flexibility index (Phi) is 7.67. The van der Waals surface area contributed by atoms with Crippen molar-refractivity contribution in [3.8, 4) is 0 Å². The minimum absolute atomic E-state index is 0.0125. The fourth-order valence-electron chi connectivity index (χ4n) is 4.16. The van der Waals surface area contributed by atoms with Gasteiger partial charge in [0.15, 0.2) is 11.5 Å². The number of hydrogen-bond donors (Lipinski definition) is 1. The van der Waals surface area contributed by atoms with Gasteiger partial charge in [0.2, 0.25) is 15.9 Å². The van der Waals surface area contributed by atoms with Crippen molar-refractivity contribution < 1.29 is 13.2 Å². The van der Waals surface area contributed by atoms with E-state index in [0.29, 0.717) is 25.9 Å². The second-order valence-corrected chi connectivity index (χ2v) is 11.2. The second kappa shape index (κ2) is 10.7. The van der Waals surface area contributed by atoms with E-state index in [1.54, 1.807) is 11.8 Å². The minimum Gasteiger partial charge on any atom is -0.346 e. The zero-order valence-corrected chi connectivity index (χ0v) is 20.3. The number of nitrogens with one attached hydrogen (secondary N) is 1. The van der Waals surface area contributed by atoms with E-state index in [4.69, 9.17) is 0 Å². The van der Waals surface area contributed by atoms with Crippen molar-refractivity contribution in [1.29, 1.82) is 0 Å². The Morgan fingerprint density at radius 3 is 2.58 bits per heavy atom. The lowest BCUT2D eigenvalue weighted by atomic mass is 9.96. The van der Waals surface area contributed by atoms with Crippen molar-refractivity contribution in [2.75, 3.05) is 25.1 Å². The van der Waals surface area contributed by atoms with E-state index in [2.05, 4.69) is 15.5 Å². The molecule has 1 atom stereocenters. The summed E-state index contributed by atoms with van der Waals surface area (Å²) in [4.78, 5) is 13.1. The van der Waals surface area contributed by atoms with Gasteiger partial charge in [-0.25, -0.2) is 12.7 Å². The summed E-state index contributed by atoms with van der Waals surface area (Å²) in [6.07, 6.45) is 5.70. The number of thioether (sulfide) groups is 1. The highest BCUT2D eigenvalue weighted by Crippen LogP contribution is 2.24. The van der Waals surface area contributed by atoms with Gasteiger partial charge in [-0.2, -0.15) is 11.8 Å². The van der Waals surface area contributed by atoms with E-state index in [9.17, 15) is 13.2 Å². The first kappa shape index (κ1) is 23.7. The number of carbonyl (C=O) groups is 1. The predicted octanol–water partition coefficient (Wildman–Crippen LogP) is 2.88. The number of amides is 1. The molecule has 0 aliphatic carbocycles. The van der Waals surface area contributed by atoms with Crippen molar-refractivity contribution in [2.45, 2.75) is 31.1 Å². The molecule has 1 unspecified atom stereocenters. The van der Waals surface area contributed by atoms with Gasteiger partial charge in [0.25, 0.3) is 0 Å². The van der Waals surface area contributed by atoms with E-state index in [1.165, 1.54) is 4.31 Å². The van der Waals surface area contributed by atoms with Crippen LogP contribution >= 0.6 is 11.8 Å². The van der Waals surface area contributed by atoms with E-state index in [0.717, 1.165) is 29.2 Å². The highest BCUT2D eigenvalue weighted by Gasteiger charge is 2.32. The molecule has 3 aromatic rings. The molecular formula is C23H29N5O3S2. The van der Waals surface area contributed by atoms with Gasteiger partial charge in [-0.05, 0) is 49.0 Å². The molecular weight excluding hydrogens is 458 g/mol. The number of fused-ring (bicyclic) bond motifs is 1. The van der Waals surface area contributed by atoms with Gasteiger partial charge >= 0.3 is 0 Å². The van der Waals surface area contributed by atoms with Gasteiger partial charge in [0, 0.05) is 25.2 Å². The monoisotopic (exact) mass is 487 g/mol. The number of nitrogens with zero attached hydrogens (tertiary/aromatic N) is 4. The second-order valence-electron chi connectivity index (χ2n) is 8.24. The number of piperidine rings is 1. The molecule has 2 aromatic heterocycles. The summed E-state index contributed by atoms with van der Waals surface area (Å²) in [5.74, 6) is 1.32. The Bertz CT molecular complexity index is 1180. The van der Waals surface area contributed by atoms with E-state index >= 15 is 0 Å². The van der Waals surface area contributed by atoms with Gasteiger partial charge in [-0.1, -0.05) is 36.4 Å². The van der Waals surface area contributed by atoms with Crippen LogP contribution in [0.5, 0.6) is 0 Å². The van der Waals surface area contributed by atoms with Gasteiger partial charge in [0.1, 0.15) is 0 Å². The third-order valence-electron chi connectivity index (χ3n) is 5.99. The SMILES string of the molecule is CSCCC(NC(=O)C1CCN(S(=O)(=O)Cc2ccccc2)CC1)c1nnc2ccccn12. The first-order valence-corrected chi connectivity index (χ1v) is 14.1. The van der Waals surface area contributed by atoms with Crippen LogP contribution in [0.3, 0.4) is 0 Å². The largest absolute Gasteiger partial charge is 0.346 e. The lowest BCUT2D eigenvalue weighted by molar-refractivity contribution is -0.127. The summed E-state index contributed by atoms with van der Waals surface area (Å²) in [7, 11) is -3.40. The van der Waals surface area contributed by atoms with E-state index in [-0.39, 0.29) is 23.6 Å². The number of hydrogen-bond acceptors (Lipinski definition) is 6. The number of benzene rings is 1. The van der Waals surface area contributed by atoms with Crippen LogP contribution in [0, 0.1) is 5.92 Å². The Balaban J connectivity index is 1.39. The molecule has 1 amide bonds. The fraction of sp³-hybridized carbons (Fsp3) is 0.435. The zero-order chi connectivity index (χ0) is 23.3. The van der Waals surface area contributed by atoms with E-state index < -0.39 is 10.0 Å². The Morgan fingerprint density at radius 2 is 1.85 bits per heavy atom. The average molecular weight is 488 g/mol. The summed E-state index contributed by atoms with van der Waals surface area (Å²) in [6, 6.07) is 14.6. The number of carbonyl (C=O) groups excluding carboxylic acids is 1. The van der Waals surface area contributed by atoms with Crippen LogP contribution in [0.15, 0.2) is 54.7 Å². The highest BCUT2D eigenvalue weighted by molar-refractivity contribution is 7.98. The molecule has 1 N–H and O–H groups in total. The Labute approximate surface area is 198 Å². The van der Waals surface area contributed by atoms with Crippen LogP contribution in [0.2, 0.25) is 0 Å². The van der Waals surface area contributed by atoms with Crippen LogP contribution in [0.4, 0.5) is 0 Å². The summed E-state index contributed by atoms with van der Waals surface area (Å²) in [5, 5.41) is 11.7. The summed E-state index contributed by atoms with van der Waals surface area (Å²) >= 11 is 1.72. The maximum absolute atomic E-state index is 13.1. The van der Waals surface area contributed by atoms with Crippen molar-refractivity contribution in [2.24, 2.45) is 5.92 Å². The first-order chi connectivity index (χ1) is 16.0. The molecule has 0 spiro atoms. The summed E-state index contributed by atoms with van der Waals surface area (Å²) in [5.41, 5.74) is 1.52. The van der Waals surface area contributed by atoms with Gasteiger partial charge < -0.3 is 5.32 Å². The maximum atomic E-state index is 13.1. The quantitative estimate of drug-likeness (QED) is 0.499. The molecule has 0 bridgehead atoms. The smallest absolute Gasteiger partial charge is 0.223 e. The van der Waals surface area contributed by atoms with Crippen LogP contribution in [-0.2, 0) is 20.6 Å². The van der Waals surface area contributed by atoms with Crippen molar-refractivity contribution in [1.82, 2.24) is 24.2 Å². The first-order valence-electron chi connectivity index (χ1n) is 11.1. The third kappa shape index (κ3) is 5.74. The molecule has 1 aromatic carbocycles. The van der Waals surface area contributed by atoms with Crippen LogP contribution < -0.4 is 5.32 Å². The molecule has 0 saturated carbocycles. The lowest BCUT2D eigenvalue weighted by Gasteiger charge is -2.31. The highest BCUT2D eigenvalue weighted by atomic mass is 32.2. The molecule has 176 valence electrons. The van der Waals surface area contributed by atoms with Crippen molar-refractivity contribution in [3.05, 3.63) is 66.1 Å². The zero-order valence-electron chi connectivity index (χ0n) is 18.6. The molecule has 3 heterocycles. The lowest BCUT2D eigenvalue weighted by Crippen LogP contribution is -2.44. The Hall–Kier alpha value is -2.43. The number of aromatic nitrogens is 3. The van der Waals surface area contributed by atoms with Crippen LogP contribution in [-0.4, -0.2) is 58.3 Å². The number of pyridine rings is 1. The average Bonchev–Trinajstić information content (AvgIpc) is 3.26.